The summed E-state index contributed by atoms with van der Waals surface area (Å²) in [6.45, 7) is 5.73. The molecule has 0 aliphatic heterocycles. The first-order valence-electron chi connectivity index (χ1n) is 7.81. The molecule has 0 aliphatic carbocycles. The molecule has 4 heteroatoms. The molecule has 0 saturated heterocycles. The van der Waals surface area contributed by atoms with Crippen LogP contribution in [0.4, 0.5) is 5.69 Å². The number of nitrogens with one attached hydrogen (secondary N) is 2. The van der Waals surface area contributed by atoms with Crippen molar-refractivity contribution in [3.63, 3.8) is 0 Å². The normalized spacial score (nSPS) is 11.3. The van der Waals surface area contributed by atoms with Gasteiger partial charge in [-0.2, -0.15) is 0 Å². The Labute approximate surface area is 142 Å². The van der Waals surface area contributed by atoms with Crippen molar-refractivity contribution >= 4 is 23.6 Å². The Bertz CT molecular complexity index is 744. The van der Waals surface area contributed by atoms with Crippen LogP contribution in [0.3, 0.4) is 0 Å². The van der Waals surface area contributed by atoms with E-state index in [1.165, 1.54) is 6.08 Å². The summed E-state index contributed by atoms with van der Waals surface area (Å²) >= 11 is 0. The minimum atomic E-state index is -0.346. The minimum Gasteiger partial charge on any atom is -0.347 e. The maximum atomic E-state index is 12.4. The van der Waals surface area contributed by atoms with E-state index >= 15 is 0 Å². The highest BCUT2D eigenvalue weighted by atomic mass is 16.2. The molecule has 0 heterocycles. The molecule has 124 valence electrons. The van der Waals surface area contributed by atoms with E-state index in [-0.39, 0.29) is 17.4 Å². The first-order chi connectivity index (χ1) is 11.3. The quantitative estimate of drug-likeness (QED) is 0.840. The molecule has 2 aromatic rings. The lowest BCUT2D eigenvalue weighted by Gasteiger charge is -2.21. The van der Waals surface area contributed by atoms with Crippen molar-refractivity contribution in [3.05, 3.63) is 71.8 Å². The monoisotopic (exact) mass is 322 g/mol. The van der Waals surface area contributed by atoms with Crippen LogP contribution in [-0.2, 0) is 4.79 Å². The standard InChI is InChI=1S/C20H22N2O2/c1-20(2,3)22-19(24)16-11-7-8-12-17(16)21-18(23)14-13-15-9-5-4-6-10-15/h4-14H,1-3H3,(H,21,23)(H,22,24). The van der Waals surface area contributed by atoms with Crippen molar-refractivity contribution in [2.45, 2.75) is 26.3 Å². The summed E-state index contributed by atoms with van der Waals surface area (Å²) in [5, 5.41) is 5.66. The van der Waals surface area contributed by atoms with Gasteiger partial charge in [-0.05, 0) is 44.5 Å². The van der Waals surface area contributed by atoms with Crippen LogP contribution in [0.15, 0.2) is 60.7 Å². The second kappa shape index (κ2) is 7.59. The van der Waals surface area contributed by atoms with Gasteiger partial charge in [-0.25, -0.2) is 0 Å². The molecular weight excluding hydrogens is 300 g/mol. The summed E-state index contributed by atoms with van der Waals surface area (Å²) in [4.78, 5) is 24.5. The summed E-state index contributed by atoms with van der Waals surface area (Å²) in [5.74, 6) is -0.500. The average Bonchev–Trinajstić information content (AvgIpc) is 2.53. The molecule has 0 unspecified atom stereocenters. The fourth-order valence-corrected chi connectivity index (χ4v) is 2.11. The summed E-state index contributed by atoms with van der Waals surface area (Å²) in [6, 6.07) is 16.5. The van der Waals surface area contributed by atoms with E-state index < -0.39 is 0 Å². The summed E-state index contributed by atoms with van der Waals surface area (Å²) in [5.41, 5.74) is 1.52. The molecule has 2 amide bonds. The summed E-state index contributed by atoms with van der Waals surface area (Å²) in [6.07, 6.45) is 3.18. The highest BCUT2D eigenvalue weighted by Gasteiger charge is 2.18. The van der Waals surface area contributed by atoms with E-state index in [0.29, 0.717) is 11.3 Å². The van der Waals surface area contributed by atoms with Gasteiger partial charge in [-0.1, -0.05) is 42.5 Å². The number of anilines is 1. The molecule has 24 heavy (non-hydrogen) atoms. The van der Waals surface area contributed by atoms with Crippen LogP contribution in [0.1, 0.15) is 36.7 Å². The average molecular weight is 322 g/mol. The van der Waals surface area contributed by atoms with E-state index in [2.05, 4.69) is 10.6 Å². The zero-order chi connectivity index (χ0) is 17.6. The van der Waals surface area contributed by atoms with Gasteiger partial charge in [0.15, 0.2) is 0 Å². The van der Waals surface area contributed by atoms with Gasteiger partial charge in [0, 0.05) is 11.6 Å². The van der Waals surface area contributed by atoms with Crippen molar-refractivity contribution < 1.29 is 9.59 Å². The Morgan fingerprint density at radius 3 is 2.21 bits per heavy atom. The van der Waals surface area contributed by atoms with Gasteiger partial charge < -0.3 is 10.6 Å². The molecule has 0 aliphatic rings. The highest BCUT2D eigenvalue weighted by Crippen LogP contribution is 2.16. The minimum absolute atomic E-state index is 0.217. The molecule has 2 N–H and O–H groups in total. The Hall–Kier alpha value is -2.88. The van der Waals surface area contributed by atoms with Gasteiger partial charge >= 0.3 is 0 Å². The van der Waals surface area contributed by atoms with Crippen molar-refractivity contribution in [1.29, 1.82) is 0 Å². The molecular formula is C20H22N2O2. The van der Waals surface area contributed by atoms with E-state index in [4.69, 9.17) is 0 Å². The SMILES string of the molecule is CC(C)(C)NC(=O)c1ccccc1NC(=O)C=Cc1ccccc1. The number of carbonyl (C=O) groups excluding carboxylic acids is 2. The number of hydrogen-bond acceptors (Lipinski definition) is 2. The number of hydrogen-bond donors (Lipinski definition) is 2. The molecule has 2 aromatic carbocycles. The van der Waals surface area contributed by atoms with Gasteiger partial charge in [0.2, 0.25) is 5.91 Å². The van der Waals surface area contributed by atoms with Crippen LogP contribution < -0.4 is 10.6 Å². The van der Waals surface area contributed by atoms with Crippen molar-refractivity contribution in [2.24, 2.45) is 0 Å². The summed E-state index contributed by atoms with van der Waals surface area (Å²) in [7, 11) is 0. The third-order valence-electron chi connectivity index (χ3n) is 3.14. The van der Waals surface area contributed by atoms with Crippen LogP contribution in [0.25, 0.3) is 6.08 Å². The second-order valence-electron chi connectivity index (χ2n) is 6.48. The first-order valence-corrected chi connectivity index (χ1v) is 7.81. The number of benzene rings is 2. The van der Waals surface area contributed by atoms with Crippen LogP contribution >= 0.6 is 0 Å². The van der Waals surface area contributed by atoms with E-state index in [9.17, 15) is 9.59 Å². The second-order valence-corrected chi connectivity index (χ2v) is 6.48. The number of rotatable bonds is 4. The Morgan fingerprint density at radius 1 is 0.917 bits per heavy atom. The Morgan fingerprint density at radius 2 is 1.54 bits per heavy atom. The van der Waals surface area contributed by atoms with E-state index in [1.54, 1.807) is 30.3 Å². The smallest absolute Gasteiger partial charge is 0.253 e. The Balaban J connectivity index is 2.11. The van der Waals surface area contributed by atoms with Gasteiger partial charge in [0.1, 0.15) is 0 Å². The van der Waals surface area contributed by atoms with Gasteiger partial charge in [0.05, 0.1) is 11.3 Å². The first kappa shape index (κ1) is 17.5. The Kier molecular flexibility index (Phi) is 5.53. The third-order valence-corrected chi connectivity index (χ3v) is 3.14. The van der Waals surface area contributed by atoms with Crippen molar-refractivity contribution in [2.75, 3.05) is 5.32 Å². The highest BCUT2D eigenvalue weighted by molar-refractivity contribution is 6.07. The number of para-hydroxylation sites is 1. The van der Waals surface area contributed by atoms with Crippen LogP contribution in [0.2, 0.25) is 0 Å². The van der Waals surface area contributed by atoms with E-state index in [1.807, 2.05) is 51.1 Å². The van der Waals surface area contributed by atoms with E-state index in [0.717, 1.165) is 5.56 Å². The van der Waals surface area contributed by atoms with Gasteiger partial charge in [-0.15, -0.1) is 0 Å². The molecule has 0 atom stereocenters. The van der Waals surface area contributed by atoms with Crippen LogP contribution in [-0.4, -0.2) is 17.4 Å². The maximum Gasteiger partial charge on any atom is 0.253 e. The van der Waals surface area contributed by atoms with Crippen molar-refractivity contribution in [1.82, 2.24) is 5.32 Å². The predicted molar refractivity (Wildman–Crippen MR) is 97.8 cm³/mol. The molecule has 0 bridgehead atoms. The molecule has 4 nitrogen and oxygen atoms in total. The van der Waals surface area contributed by atoms with Crippen LogP contribution in [0, 0.1) is 0 Å². The fourth-order valence-electron chi connectivity index (χ4n) is 2.11. The molecule has 0 aromatic heterocycles. The molecule has 0 radical (unpaired) electrons. The maximum absolute atomic E-state index is 12.4. The fraction of sp³-hybridized carbons (Fsp3) is 0.200. The zero-order valence-electron chi connectivity index (χ0n) is 14.2. The molecule has 0 fully saturated rings. The number of carbonyl (C=O) groups is 2. The lowest BCUT2D eigenvalue weighted by atomic mass is 10.1. The zero-order valence-corrected chi connectivity index (χ0v) is 14.2. The molecule has 2 rings (SSSR count). The predicted octanol–water partition coefficient (Wildman–Crippen LogP) is 3.87. The summed E-state index contributed by atoms with van der Waals surface area (Å²) < 4.78 is 0. The van der Waals surface area contributed by atoms with Crippen LogP contribution in [0.5, 0.6) is 0 Å². The third kappa shape index (κ3) is 5.39. The molecule has 0 spiro atoms. The largest absolute Gasteiger partial charge is 0.347 e. The lowest BCUT2D eigenvalue weighted by Crippen LogP contribution is -2.40. The van der Waals surface area contributed by atoms with Crippen molar-refractivity contribution in [3.8, 4) is 0 Å². The van der Waals surface area contributed by atoms with Gasteiger partial charge in [-0.3, -0.25) is 9.59 Å². The molecule has 0 saturated carbocycles. The lowest BCUT2D eigenvalue weighted by molar-refractivity contribution is -0.111. The van der Waals surface area contributed by atoms with Gasteiger partial charge in [0.25, 0.3) is 5.91 Å². The number of amides is 2. The topological polar surface area (TPSA) is 58.2 Å².